The zero-order valence-corrected chi connectivity index (χ0v) is 19.9. The zero-order chi connectivity index (χ0) is 24.8. The van der Waals surface area contributed by atoms with Gasteiger partial charge in [0.1, 0.15) is 11.9 Å². The van der Waals surface area contributed by atoms with Gasteiger partial charge < -0.3 is 14.5 Å². The first-order valence-electron chi connectivity index (χ1n) is 10.7. The van der Waals surface area contributed by atoms with E-state index in [2.05, 4.69) is 10.5 Å². The van der Waals surface area contributed by atoms with Gasteiger partial charge in [-0.15, -0.1) is 5.48 Å². The lowest BCUT2D eigenvalue weighted by Gasteiger charge is -2.24. The second kappa shape index (κ2) is 8.79. The second-order valence-corrected chi connectivity index (χ2v) is 10.3. The molecule has 4 atom stereocenters. The molecular weight excluding hydrogens is 463 g/mol. The van der Waals surface area contributed by atoms with Crippen molar-refractivity contribution in [2.24, 2.45) is 16.3 Å². The number of alkyl halides is 3. The summed E-state index contributed by atoms with van der Waals surface area (Å²) in [6.07, 6.45) is -5.27. The molecule has 12 heteroatoms. The normalized spacial score (nSPS) is 27.0. The molecule has 0 radical (unpaired) electrons. The molecule has 2 aliphatic heterocycles. The highest BCUT2D eigenvalue weighted by Gasteiger charge is 2.66. The topological polar surface area (TPSA) is 97.3 Å². The summed E-state index contributed by atoms with van der Waals surface area (Å²) in [7, 11) is -3.69. The Morgan fingerprint density at radius 1 is 1.36 bits per heavy atom. The number of hydroxylamine groups is 1. The summed E-state index contributed by atoms with van der Waals surface area (Å²) >= 11 is 0. The molecule has 184 valence electrons. The van der Waals surface area contributed by atoms with Crippen molar-refractivity contribution in [2.45, 2.75) is 57.5 Å². The molecule has 1 aromatic rings. The monoisotopic (exact) mass is 491 g/mol. The maximum Gasteiger partial charge on any atom is 0.425 e. The molecule has 1 amide bonds. The van der Waals surface area contributed by atoms with Crippen LogP contribution in [0.1, 0.15) is 44.5 Å². The van der Waals surface area contributed by atoms with Crippen molar-refractivity contribution >= 4 is 21.6 Å². The molecule has 3 unspecified atom stereocenters. The van der Waals surface area contributed by atoms with Crippen molar-refractivity contribution in [2.75, 3.05) is 19.3 Å². The van der Waals surface area contributed by atoms with Gasteiger partial charge in [-0.3, -0.25) is 4.79 Å². The molecular formula is C21H28F3N3O5S. The number of carbonyl (C=O) groups is 1. The van der Waals surface area contributed by atoms with Crippen molar-refractivity contribution in [1.82, 2.24) is 10.4 Å². The quantitative estimate of drug-likeness (QED) is 0.680. The average Bonchev–Trinajstić information content (AvgIpc) is 3.07. The van der Waals surface area contributed by atoms with E-state index in [9.17, 15) is 26.4 Å². The van der Waals surface area contributed by atoms with Gasteiger partial charge in [-0.25, -0.2) is 13.4 Å². The Morgan fingerprint density at radius 3 is 2.58 bits per heavy atom. The van der Waals surface area contributed by atoms with Crippen molar-refractivity contribution in [3.8, 4) is 5.75 Å². The fourth-order valence-electron chi connectivity index (χ4n) is 4.01. The minimum Gasteiger partial charge on any atom is -0.480 e. The molecule has 0 bridgehead atoms. The number of amides is 1. The van der Waals surface area contributed by atoms with Crippen LogP contribution in [0, 0.1) is 11.3 Å². The van der Waals surface area contributed by atoms with Crippen LogP contribution in [0.5, 0.6) is 5.75 Å². The first-order chi connectivity index (χ1) is 15.3. The van der Waals surface area contributed by atoms with Gasteiger partial charge in [0.15, 0.2) is 15.9 Å². The van der Waals surface area contributed by atoms with Crippen molar-refractivity contribution < 1.29 is 36.0 Å². The van der Waals surface area contributed by atoms with E-state index in [1.165, 1.54) is 4.90 Å². The Hall–Kier alpha value is -2.34. The van der Waals surface area contributed by atoms with E-state index in [-0.39, 0.29) is 34.8 Å². The molecule has 1 saturated carbocycles. The fourth-order valence-corrected chi connectivity index (χ4v) is 4.65. The number of likely N-dealkylation sites (tertiary alicyclic amines) is 1. The number of fused-ring (bicyclic) bond motifs is 1. The minimum absolute atomic E-state index is 0.124. The van der Waals surface area contributed by atoms with Crippen molar-refractivity contribution in [3.05, 3.63) is 23.8 Å². The Balaban J connectivity index is 0.00000149. The molecule has 2 fully saturated rings. The molecule has 0 spiro atoms. The summed E-state index contributed by atoms with van der Waals surface area (Å²) < 4.78 is 67.9. The van der Waals surface area contributed by atoms with Gasteiger partial charge in [0.25, 0.3) is 5.91 Å². The Bertz CT molecular complexity index is 1060. The number of hydrogen-bond acceptors (Lipinski definition) is 7. The van der Waals surface area contributed by atoms with Gasteiger partial charge in [0.05, 0.1) is 15.9 Å². The highest BCUT2D eigenvalue weighted by molar-refractivity contribution is 7.90. The van der Waals surface area contributed by atoms with Crippen LogP contribution in [0.2, 0.25) is 0 Å². The molecule has 2 heterocycles. The van der Waals surface area contributed by atoms with Gasteiger partial charge in [-0.1, -0.05) is 13.8 Å². The van der Waals surface area contributed by atoms with E-state index >= 15 is 0 Å². The van der Waals surface area contributed by atoms with Crippen LogP contribution in [-0.2, 0) is 14.7 Å². The minimum atomic E-state index is -4.64. The number of piperidine rings is 1. The lowest BCUT2D eigenvalue weighted by molar-refractivity contribution is -0.189. The van der Waals surface area contributed by atoms with E-state index in [1.54, 1.807) is 0 Å². The number of rotatable bonds is 5. The van der Waals surface area contributed by atoms with E-state index < -0.39 is 33.4 Å². The predicted octanol–water partition coefficient (Wildman–Crippen LogP) is 3.19. The molecule has 8 nitrogen and oxygen atoms in total. The predicted molar refractivity (Wildman–Crippen MR) is 115 cm³/mol. The number of nitrogens with zero attached hydrogens (tertiary/aromatic N) is 2. The zero-order valence-electron chi connectivity index (χ0n) is 19.1. The number of sulfone groups is 1. The molecule has 0 aromatic heterocycles. The number of halogens is 3. The van der Waals surface area contributed by atoms with E-state index in [0.717, 1.165) is 37.8 Å². The summed E-state index contributed by atoms with van der Waals surface area (Å²) in [6, 6.07) is 3.29. The van der Waals surface area contributed by atoms with Gasteiger partial charge in [-0.05, 0) is 44.4 Å². The van der Waals surface area contributed by atoms with Crippen LogP contribution in [0.4, 0.5) is 13.2 Å². The Labute approximate surface area is 191 Å². The molecule has 1 saturated heterocycles. The third kappa shape index (κ3) is 4.96. The lowest BCUT2D eigenvalue weighted by atomic mass is 10.1. The van der Waals surface area contributed by atoms with Crippen LogP contribution in [0.3, 0.4) is 0 Å². The van der Waals surface area contributed by atoms with Crippen molar-refractivity contribution in [1.29, 1.82) is 0 Å². The molecule has 3 aliphatic rings. The molecule has 1 aromatic carbocycles. The number of aliphatic imine (C=N–C) groups is 1. The Kier molecular flexibility index (Phi) is 6.73. The number of hydrogen-bond donors (Lipinski definition) is 1. The van der Waals surface area contributed by atoms with Crippen LogP contribution >= 0.6 is 0 Å². The average molecular weight is 492 g/mol. The molecule has 1 N–H and O–H groups in total. The second-order valence-electron chi connectivity index (χ2n) is 8.30. The largest absolute Gasteiger partial charge is 0.480 e. The van der Waals surface area contributed by atoms with E-state index in [0.29, 0.717) is 12.4 Å². The third-order valence-electron chi connectivity index (χ3n) is 5.87. The fraction of sp³-hybridized carbons (Fsp3) is 0.619. The summed E-state index contributed by atoms with van der Waals surface area (Å²) in [5.41, 5.74) is 2.10. The molecule has 1 aliphatic carbocycles. The number of ether oxygens (including phenoxy) is 1. The first-order valence-corrected chi connectivity index (χ1v) is 12.6. The van der Waals surface area contributed by atoms with E-state index in [4.69, 9.17) is 9.57 Å². The summed E-state index contributed by atoms with van der Waals surface area (Å²) in [6.45, 7) is 7.29. The smallest absolute Gasteiger partial charge is 0.425 e. The Morgan fingerprint density at radius 2 is 2.03 bits per heavy atom. The number of benzene rings is 1. The van der Waals surface area contributed by atoms with Gasteiger partial charge in [-0.2, -0.15) is 13.2 Å². The summed E-state index contributed by atoms with van der Waals surface area (Å²) in [4.78, 5) is 24.4. The van der Waals surface area contributed by atoms with E-state index in [1.807, 2.05) is 20.8 Å². The highest BCUT2D eigenvalue weighted by Crippen LogP contribution is 2.59. The van der Waals surface area contributed by atoms with Crippen LogP contribution < -0.4 is 10.2 Å². The van der Waals surface area contributed by atoms with Crippen LogP contribution in [0.15, 0.2) is 28.1 Å². The molecule has 4 rings (SSSR count). The van der Waals surface area contributed by atoms with Crippen LogP contribution in [-0.4, -0.2) is 62.9 Å². The third-order valence-corrected chi connectivity index (χ3v) is 6.98. The van der Waals surface area contributed by atoms with Gasteiger partial charge in [0, 0.05) is 19.3 Å². The standard InChI is InChI=1S/C19H22F3N3O5S.C2H6/c1-10(19(20,21)22)29-15-5-4-13(31(3,27)28)6-14(15)16(26)25-8-12-7-18(12,9-25)17-23-11(2)24-30-17;1-2/h4-6,10-12,24H,7-9H2,1-3H3;1-2H3/t10-,11?,12?,18?;/m0./s1. The summed E-state index contributed by atoms with van der Waals surface area (Å²) in [5, 5.41) is 0. The van der Waals surface area contributed by atoms with Crippen LogP contribution in [0.25, 0.3) is 0 Å². The maximum atomic E-state index is 13.2. The number of carbonyl (C=O) groups excluding carboxylic acids is 1. The lowest BCUT2D eigenvalue weighted by Crippen LogP contribution is -2.36. The molecule has 33 heavy (non-hydrogen) atoms. The van der Waals surface area contributed by atoms with Crippen molar-refractivity contribution in [3.63, 3.8) is 0 Å². The highest BCUT2D eigenvalue weighted by atomic mass is 32.2. The number of nitrogens with one attached hydrogen (secondary N) is 1. The van der Waals surface area contributed by atoms with Gasteiger partial charge >= 0.3 is 6.18 Å². The SMILES string of the molecule is CC.CC1N=C(C23CC2CN(C(=O)c2cc(S(C)(=O)=O)ccc2O[C@@H](C)C(F)(F)F)C3)ON1. The maximum absolute atomic E-state index is 13.2. The van der Waals surface area contributed by atoms with Gasteiger partial charge in [0.2, 0.25) is 5.90 Å². The summed E-state index contributed by atoms with van der Waals surface area (Å²) in [5.74, 6) is -0.270. The first kappa shape index (κ1) is 25.3.